The molecule has 0 spiro atoms. The normalized spacial score (nSPS) is 9.68. The summed E-state index contributed by atoms with van der Waals surface area (Å²) in [5, 5.41) is 0. The summed E-state index contributed by atoms with van der Waals surface area (Å²) in [7, 11) is 0. The molecule has 0 fully saturated rings. The summed E-state index contributed by atoms with van der Waals surface area (Å²) >= 11 is 3.35. The number of rotatable bonds is 4. The smallest absolute Gasteiger partial charge is 0.252 e. The number of benzene rings is 1. The third-order valence-electron chi connectivity index (χ3n) is 2.30. The number of amides is 1. The van der Waals surface area contributed by atoms with Gasteiger partial charge in [-0.3, -0.25) is 4.79 Å². The molecule has 0 aliphatic carbocycles. The Morgan fingerprint density at radius 3 is 2.27 bits per heavy atom. The Bertz CT molecular complexity index is 504. The first-order valence-corrected chi connectivity index (χ1v) is 7.76. The van der Waals surface area contributed by atoms with E-state index in [1.807, 2.05) is 52.0 Å². The van der Waals surface area contributed by atoms with E-state index in [1.165, 1.54) is 0 Å². The summed E-state index contributed by atoms with van der Waals surface area (Å²) in [5.74, 6) is -0.0351. The average molecular weight is 368 g/mol. The number of carbonyl (C=O) groups is 1. The van der Waals surface area contributed by atoms with E-state index in [0.717, 1.165) is 16.5 Å². The largest absolute Gasteiger partial charge is 0.463 e. The summed E-state index contributed by atoms with van der Waals surface area (Å²) < 4.78 is 6.12. The van der Waals surface area contributed by atoms with Crippen molar-refractivity contribution in [2.24, 2.45) is 5.73 Å². The molecule has 0 bridgehead atoms. The number of carbonyl (C=O) groups excluding carboxylic acids is 1. The lowest BCUT2D eigenvalue weighted by Gasteiger charge is -2.09. The second-order valence-electron chi connectivity index (χ2n) is 4.05. The predicted molar refractivity (Wildman–Crippen MR) is 99.2 cm³/mol. The van der Waals surface area contributed by atoms with Crippen LogP contribution in [0, 0.1) is 6.92 Å². The Labute approximate surface area is 142 Å². The molecule has 0 saturated heterocycles. The molecule has 4 heteroatoms. The van der Waals surface area contributed by atoms with Gasteiger partial charge in [0.05, 0.1) is 16.3 Å². The molecule has 122 valence electrons. The SMILES string of the molecule is C/C=C\C.C=C.CC/C=C/Oc1c(Br)cc(C)cc1C(N)=O. The third-order valence-corrected chi connectivity index (χ3v) is 2.89. The highest BCUT2D eigenvalue weighted by atomic mass is 79.9. The fourth-order valence-electron chi connectivity index (χ4n) is 1.24. The van der Waals surface area contributed by atoms with Crippen molar-refractivity contribution in [3.8, 4) is 5.75 Å². The van der Waals surface area contributed by atoms with Gasteiger partial charge in [0, 0.05) is 0 Å². The summed E-state index contributed by atoms with van der Waals surface area (Å²) in [5.41, 5.74) is 6.63. The van der Waals surface area contributed by atoms with Gasteiger partial charge in [0.15, 0.2) is 5.75 Å². The van der Waals surface area contributed by atoms with Crippen molar-refractivity contribution < 1.29 is 9.53 Å². The summed E-state index contributed by atoms with van der Waals surface area (Å²) in [4.78, 5) is 11.3. The number of hydrogen-bond donors (Lipinski definition) is 1. The Kier molecular flexibility index (Phi) is 14.4. The number of aryl methyl sites for hydroxylation is 1. The maximum Gasteiger partial charge on any atom is 0.252 e. The van der Waals surface area contributed by atoms with Crippen molar-refractivity contribution in [2.75, 3.05) is 0 Å². The summed E-state index contributed by atoms with van der Waals surface area (Å²) in [6.07, 6.45) is 8.29. The lowest BCUT2D eigenvalue weighted by molar-refractivity contribution is 0.0998. The van der Waals surface area contributed by atoms with Gasteiger partial charge in [-0.2, -0.15) is 0 Å². The van der Waals surface area contributed by atoms with Gasteiger partial charge in [0.2, 0.25) is 0 Å². The van der Waals surface area contributed by atoms with E-state index < -0.39 is 5.91 Å². The molecule has 2 N–H and O–H groups in total. The van der Waals surface area contributed by atoms with Gasteiger partial charge in [-0.25, -0.2) is 0 Å². The molecule has 1 aromatic rings. The van der Waals surface area contributed by atoms with Crippen molar-refractivity contribution in [3.63, 3.8) is 0 Å². The summed E-state index contributed by atoms with van der Waals surface area (Å²) in [6, 6.07) is 3.59. The molecule has 0 saturated carbocycles. The van der Waals surface area contributed by atoms with Crippen molar-refractivity contribution in [1.29, 1.82) is 0 Å². The zero-order valence-electron chi connectivity index (χ0n) is 13.9. The predicted octanol–water partition coefficient (Wildman–Crippen LogP) is 5.54. The first kappa shape index (κ1) is 22.5. The molecule has 1 rings (SSSR count). The van der Waals surface area contributed by atoms with Crippen LogP contribution in [0.25, 0.3) is 0 Å². The van der Waals surface area contributed by atoms with E-state index >= 15 is 0 Å². The van der Waals surface area contributed by atoms with Crippen molar-refractivity contribution >= 4 is 21.8 Å². The van der Waals surface area contributed by atoms with Gasteiger partial charge in [0.25, 0.3) is 5.91 Å². The molecule has 1 amide bonds. The Balaban J connectivity index is 0. The van der Waals surface area contributed by atoms with Crippen LogP contribution in [-0.2, 0) is 0 Å². The van der Waals surface area contributed by atoms with Gasteiger partial charge in [-0.05, 0) is 66.9 Å². The second-order valence-corrected chi connectivity index (χ2v) is 4.91. The monoisotopic (exact) mass is 367 g/mol. The molecule has 3 nitrogen and oxygen atoms in total. The molecule has 0 atom stereocenters. The van der Waals surface area contributed by atoms with Crippen LogP contribution in [0.1, 0.15) is 43.1 Å². The van der Waals surface area contributed by atoms with Crippen LogP contribution < -0.4 is 10.5 Å². The van der Waals surface area contributed by atoms with Gasteiger partial charge in [0.1, 0.15) is 0 Å². The second kappa shape index (κ2) is 14.1. The van der Waals surface area contributed by atoms with Crippen molar-refractivity contribution in [2.45, 2.75) is 34.1 Å². The minimum absolute atomic E-state index is 0.382. The number of ether oxygens (including phenoxy) is 1. The van der Waals surface area contributed by atoms with E-state index in [0.29, 0.717) is 11.3 Å². The maximum atomic E-state index is 11.3. The highest BCUT2D eigenvalue weighted by Gasteiger charge is 2.13. The zero-order chi connectivity index (χ0) is 17.5. The quantitative estimate of drug-likeness (QED) is 0.560. The highest BCUT2D eigenvalue weighted by Crippen LogP contribution is 2.30. The summed E-state index contributed by atoms with van der Waals surface area (Å²) in [6.45, 7) is 13.9. The van der Waals surface area contributed by atoms with Crippen LogP contribution >= 0.6 is 15.9 Å². The number of halogens is 1. The molecule has 0 unspecified atom stereocenters. The lowest BCUT2D eigenvalue weighted by Crippen LogP contribution is -2.12. The Morgan fingerprint density at radius 1 is 1.32 bits per heavy atom. The minimum atomic E-state index is -0.496. The lowest BCUT2D eigenvalue weighted by atomic mass is 10.1. The maximum absolute atomic E-state index is 11.3. The van der Waals surface area contributed by atoms with Gasteiger partial charge >= 0.3 is 0 Å². The van der Waals surface area contributed by atoms with Crippen molar-refractivity contribution in [1.82, 2.24) is 0 Å². The van der Waals surface area contributed by atoms with E-state index in [-0.39, 0.29) is 0 Å². The number of hydrogen-bond acceptors (Lipinski definition) is 2. The number of primary amides is 1. The van der Waals surface area contributed by atoms with Crippen molar-refractivity contribution in [3.05, 3.63) is 65.4 Å². The molecule has 1 aromatic carbocycles. The molecule has 0 aliphatic heterocycles. The van der Waals surface area contributed by atoms with Gasteiger partial charge in [-0.15, -0.1) is 13.2 Å². The van der Waals surface area contributed by atoms with Crippen LogP contribution in [0.5, 0.6) is 5.75 Å². The molecule has 22 heavy (non-hydrogen) atoms. The zero-order valence-corrected chi connectivity index (χ0v) is 15.4. The molecular weight excluding hydrogens is 342 g/mol. The standard InChI is InChI=1S/C12H14BrNO2.C4H8.C2H4/c1-3-4-5-16-11-9(12(14)15)6-8(2)7-10(11)13;1-3-4-2;1-2/h4-7H,3H2,1-2H3,(H2,14,15);3-4H,1-2H3;1-2H2/b5-4+;4-3-;. The third kappa shape index (κ3) is 9.19. The number of allylic oxidation sites excluding steroid dienone is 3. The van der Waals surface area contributed by atoms with E-state index in [1.54, 1.807) is 12.3 Å². The topological polar surface area (TPSA) is 52.3 Å². The number of nitrogens with two attached hydrogens (primary N) is 1. The Morgan fingerprint density at radius 2 is 1.86 bits per heavy atom. The van der Waals surface area contributed by atoms with E-state index in [4.69, 9.17) is 10.5 Å². The molecule has 0 aliphatic rings. The average Bonchev–Trinajstić information content (AvgIpc) is 2.51. The van der Waals surface area contributed by atoms with Crippen LogP contribution in [0.15, 0.2) is 54.3 Å². The van der Waals surface area contributed by atoms with Crippen LogP contribution in [0.4, 0.5) is 0 Å². The molecule has 0 heterocycles. The molecule has 0 radical (unpaired) electrons. The van der Waals surface area contributed by atoms with Crippen LogP contribution in [-0.4, -0.2) is 5.91 Å². The molecule has 0 aromatic heterocycles. The Hall–Kier alpha value is -1.81. The minimum Gasteiger partial charge on any atom is -0.463 e. The fourth-order valence-corrected chi connectivity index (χ4v) is 1.91. The fraction of sp³-hybridized carbons (Fsp3) is 0.278. The first-order valence-electron chi connectivity index (χ1n) is 6.96. The van der Waals surface area contributed by atoms with E-state index in [9.17, 15) is 4.79 Å². The van der Waals surface area contributed by atoms with Gasteiger partial charge in [-0.1, -0.05) is 19.1 Å². The van der Waals surface area contributed by atoms with Crippen LogP contribution in [0.2, 0.25) is 0 Å². The van der Waals surface area contributed by atoms with Gasteiger partial charge < -0.3 is 10.5 Å². The molecular formula is C18H26BrNO2. The highest BCUT2D eigenvalue weighted by molar-refractivity contribution is 9.10. The first-order chi connectivity index (χ1) is 10.5. The van der Waals surface area contributed by atoms with E-state index in [2.05, 4.69) is 29.1 Å². The van der Waals surface area contributed by atoms with Crippen LogP contribution in [0.3, 0.4) is 0 Å².